The average molecular weight is 1380 g/mol. The van der Waals surface area contributed by atoms with Crippen LogP contribution in [0.15, 0.2) is 0 Å². The monoisotopic (exact) mass is 1380 g/mol. The van der Waals surface area contributed by atoms with Crippen LogP contribution in [0.5, 0.6) is 0 Å². The van der Waals surface area contributed by atoms with E-state index < -0.39 is 225 Å². The first kappa shape index (κ1) is 87.0. The van der Waals surface area contributed by atoms with Crippen LogP contribution in [0.4, 0.5) is 0 Å². The van der Waals surface area contributed by atoms with Crippen LogP contribution < -0.4 is 69.5 Å². The number of cyclic esters (lactones) is 1. The zero-order chi connectivity index (χ0) is 74.1. The number of hydrogen-bond donors (Lipinski definition) is 16. The Morgan fingerprint density at radius 2 is 0.959 bits per heavy atom. The summed E-state index contributed by atoms with van der Waals surface area (Å²) in [6, 6.07) is -17.8. The fraction of sp³-hybridized carbons (Fsp3) is 0.769. The number of aliphatic hydroxyl groups is 2. The van der Waals surface area contributed by atoms with Gasteiger partial charge in [-0.25, -0.2) is 4.79 Å². The Balaban J connectivity index is 3.58. The molecule has 14 atom stereocenters. The minimum absolute atomic E-state index is 0.0306. The lowest BCUT2D eigenvalue weighted by molar-refractivity contribution is -0.151. The summed E-state index contributed by atoms with van der Waals surface area (Å²) in [7, 11) is 0. The van der Waals surface area contributed by atoms with E-state index in [0.717, 1.165) is 12.8 Å². The topological polar surface area (TPSA) is 496 Å². The van der Waals surface area contributed by atoms with Crippen molar-refractivity contribution in [3.63, 3.8) is 0 Å². The molecule has 0 aromatic carbocycles. The van der Waals surface area contributed by atoms with Crippen LogP contribution in [-0.4, -0.2) is 196 Å². The standard InChI is InChI=1S/C65H113N13O19/c1-16-19-20-21-48(82)67-41(26-32(4)5)56(87)68-40(23-25-49(83)84)54(85)70-43(28-34(8)9)58(89)77-52(37(14)17-2)63(94)69-39(22-24-47(66)81)55(86)72-44(29-79)59(90)76-51(36(12)13)62(93)78-53(38(15)18-3)64(95)74-46-31-97-65(96)45(30-80)73-61(92)50(35(10)11)75-57(88)42(27-33(6)7)71-60(46)91/h32-46,50-53,79-80H,16-31H2,1-15H3,(H2,66,81)(H,67,82)(H,68,87)(H,69,94)(H,70,85)(H,71,91)(H,72,86)(H,73,92)(H,74,95)(H,75,88)(H,76,90)(H,77,89)(H,78,93)(H,83,84). The summed E-state index contributed by atoms with van der Waals surface area (Å²) in [5.74, 6) is -17.3. The molecule has 1 aliphatic heterocycles. The lowest BCUT2D eigenvalue weighted by Crippen LogP contribution is -2.63. The molecule has 32 nitrogen and oxygen atoms in total. The zero-order valence-electron chi connectivity index (χ0n) is 59.2. The predicted octanol–water partition coefficient (Wildman–Crippen LogP) is -1.40. The number of carboxylic acid groups (broad SMARTS) is 1. The van der Waals surface area contributed by atoms with Gasteiger partial charge < -0.3 is 89.6 Å². The number of carboxylic acids is 1. The Kier molecular flexibility index (Phi) is 39.5. The van der Waals surface area contributed by atoms with Gasteiger partial charge in [-0.3, -0.25) is 67.1 Å². The number of carbonyl (C=O) groups is 15. The van der Waals surface area contributed by atoms with Gasteiger partial charge in [-0.15, -0.1) is 0 Å². The van der Waals surface area contributed by atoms with E-state index in [1.807, 2.05) is 20.8 Å². The highest BCUT2D eigenvalue weighted by molar-refractivity contribution is 6.00. The third kappa shape index (κ3) is 31.4. The molecule has 97 heavy (non-hydrogen) atoms. The number of nitrogens with two attached hydrogens (primary N) is 1. The molecule has 14 unspecified atom stereocenters. The summed E-state index contributed by atoms with van der Waals surface area (Å²) in [5, 5.41) is 60.7. The van der Waals surface area contributed by atoms with Crippen LogP contribution in [0.2, 0.25) is 0 Å². The SMILES string of the molecule is CCCCCC(=O)NC(CC(C)C)C(=O)NC(CCC(=O)O)C(=O)NC(CC(C)C)C(=O)NC(C(=O)NC(CCC(N)=O)C(=O)NC(CO)C(=O)NC(C(=O)NC(C(=O)NC1COC(=O)C(CO)NC(=O)C(C(C)C)NC(=O)C(CC(C)C)NC1=O)C(C)CC)C(C)C)C(C)CC. The molecule has 0 bridgehead atoms. The Hall–Kier alpha value is -8.03. The molecular weight excluding hydrogens is 1270 g/mol. The minimum Gasteiger partial charge on any atom is -0.481 e. The number of primary amides is 1. The molecule has 1 heterocycles. The van der Waals surface area contributed by atoms with Crippen molar-refractivity contribution in [1.29, 1.82) is 0 Å². The van der Waals surface area contributed by atoms with E-state index >= 15 is 0 Å². The third-order valence-corrected chi connectivity index (χ3v) is 16.3. The average Bonchev–Trinajstić information content (AvgIpc) is 1.67. The number of amides is 13. The predicted molar refractivity (Wildman–Crippen MR) is 355 cm³/mol. The van der Waals surface area contributed by atoms with Gasteiger partial charge in [0.15, 0.2) is 6.04 Å². The fourth-order valence-corrected chi connectivity index (χ4v) is 10.2. The summed E-state index contributed by atoms with van der Waals surface area (Å²) in [4.78, 5) is 205. The molecule has 17 N–H and O–H groups in total. The number of nitrogens with one attached hydrogen (secondary N) is 12. The summed E-state index contributed by atoms with van der Waals surface area (Å²) < 4.78 is 5.35. The normalized spacial score (nSPS) is 19.3. The van der Waals surface area contributed by atoms with E-state index in [2.05, 4.69) is 63.8 Å². The van der Waals surface area contributed by atoms with E-state index in [1.165, 1.54) is 13.8 Å². The number of esters is 1. The van der Waals surface area contributed by atoms with Gasteiger partial charge in [0, 0.05) is 19.3 Å². The highest BCUT2D eigenvalue weighted by Crippen LogP contribution is 2.17. The molecule has 32 heteroatoms. The van der Waals surface area contributed by atoms with Crippen molar-refractivity contribution in [3.8, 4) is 0 Å². The second-order valence-electron chi connectivity index (χ2n) is 27.0. The van der Waals surface area contributed by atoms with Crippen molar-refractivity contribution in [1.82, 2.24) is 63.8 Å². The Morgan fingerprint density at radius 1 is 0.505 bits per heavy atom. The van der Waals surface area contributed by atoms with Gasteiger partial charge in [-0.1, -0.05) is 130 Å². The molecule has 0 radical (unpaired) electrons. The lowest BCUT2D eigenvalue weighted by atomic mass is 9.95. The van der Waals surface area contributed by atoms with Crippen molar-refractivity contribution >= 4 is 88.7 Å². The highest BCUT2D eigenvalue weighted by atomic mass is 16.5. The van der Waals surface area contributed by atoms with Crippen molar-refractivity contribution < 1.29 is 92.0 Å². The quantitative estimate of drug-likeness (QED) is 0.0247. The number of hydrogen-bond acceptors (Lipinski definition) is 18. The first-order valence-corrected chi connectivity index (χ1v) is 33.9. The molecule has 0 aromatic rings. The molecule has 0 spiro atoms. The van der Waals surface area contributed by atoms with Crippen LogP contribution in [0.1, 0.15) is 187 Å². The van der Waals surface area contributed by atoms with Crippen LogP contribution >= 0.6 is 0 Å². The molecule has 552 valence electrons. The van der Waals surface area contributed by atoms with Gasteiger partial charge in [0.05, 0.1) is 13.2 Å². The van der Waals surface area contributed by atoms with E-state index in [0.29, 0.717) is 6.42 Å². The maximum Gasteiger partial charge on any atom is 0.331 e. The zero-order valence-corrected chi connectivity index (χ0v) is 59.2. The van der Waals surface area contributed by atoms with Crippen molar-refractivity contribution in [2.75, 3.05) is 19.8 Å². The van der Waals surface area contributed by atoms with Gasteiger partial charge in [-0.05, 0) is 80.0 Å². The largest absolute Gasteiger partial charge is 0.481 e. The first-order valence-electron chi connectivity index (χ1n) is 33.9. The smallest absolute Gasteiger partial charge is 0.331 e. The molecule has 1 aliphatic rings. The molecule has 1 fully saturated rings. The van der Waals surface area contributed by atoms with Gasteiger partial charge in [0.1, 0.15) is 73.1 Å². The van der Waals surface area contributed by atoms with E-state index in [-0.39, 0.29) is 62.2 Å². The summed E-state index contributed by atoms with van der Waals surface area (Å²) in [6.45, 7) is 22.6. The maximum atomic E-state index is 14.4. The first-order chi connectivity index (χ1) is 45.4. The van der Waals surface area contributed by atoms with Gasteiger partial charge in [0.2, 0.25) is 76.8 Å². The molecular formula is C65H113N13O19. The number of aliphatic carboxylic acids is 1. The van der Waals surface area contributed by atoms with Gasteiger partial charge in [-0.2, -0.15) is 0 Å². The number of ether oxygens (including phenoxy) is 1. The minimum atomic E-state index is -1.85. The number of carbonyl (C=O) groups excluding carboxylic acids is 14. The number of unbranched alkanes of at least 4 members (excludes halogenated alkanes) is 2. The molecule has 0 aromatic heterocycles. The van der Waals surface area contributed by atoms with Gasteiger partial charge in [0.25, 0.3) is 0 Å². The van der Waals surface area contributed by atoms with E-state index in [1.54, 1.807) is 69.2 Å². The summed E-state index contributed by atoms with van der Waals surface area (Å²) in [5.41, 5.74) is 5.47. The Bertz CT molecular complexity index is 2680. The van der Waals surface area contributed by atoms with E-state index in [4.69, 9.17) is 10.5 Å². The second-order valence-corrected chi connectivity index (χ2v) is 27.0. The van der Waals surface area contributed by atoms with Crippen LogP contribution in [0, 0.1) is 41.4 Å². The number of rotatable bonds is 41. The molecule has 0 aliphatic carbocycles. The maximum absolute atomic E-state index is 14.4. The summed E-state index contributed by atoms with van der Waals surface area (Å²) >= 11 is 0. The van der Waals surface area contributed by atoms with Crippen molar-refractivity contribution in [2.24, 2.45) is 47.2 Å². The van der Waals surface area contributed by atoms with Gasteiger partial charge >= 0.3 is 11.9 Å². The van der Waals surface area contributed by atoms with Crippen LogP contribution in [-0.2, 0) is 76.7 Å². The van der Waals surface area contributed by atoms with E-state index in [9.17, 15) is 87.2 Å². The molecule has 0 saturated carbocycles. The molecule has 13 amide bonds. The molecule has 1 rings (SSSR count). The van der Waals surface area contributed by atoms with Crippen molar-refractivity contribution in [2.45, 2.75) is 260 Å². The van der Waals surface area contributed by atoms with Crippen molar-refractivity contribution in [3.05, 3.63) is 0 Å². The third-order valence-electron chi connectivity index (χ3n) is 16.3. The Morgan fingerprint density at radius 3 is 1.44 bits per heavy atom. The highest BCUT2D eigenvalue weighted by Gasteiger charge is 2.40. The van der Waals surface area contributed by atoms with Crippen LogP contribution in [0.25, 0.3) is 0 Å². The second kappa shape index (κ2) is 44.0. The molecule has 1 saturated heterocycles. The van der Waals surface area contributed by atoms with Crippen LogP contribution in [0.3, 0.4) is 0 Å². The summed E-state index contributed by atoms with van der Waals surface area (Å²) in [6.07, 6.45) is 1.14. The fourth-order valence-electron chi connectivity index (χ4n) is 10.2. The number of aliphatic hydroxyl groups excluding tert-OH is 2. The Labute approximate surface area is 569 Å². The lowest BCUT2D eigenvalue weighted by Gasteiger charge is -2.31.